The molecule has 0 saturated carbocycles. The van der Waals surface area contributed by atoms with Gasteiger partial charge < -0.3 is 10.2 Å². The van der Waals surface area contributed by atoms with Crippen molar-refractivity contribution in [2.45, 2.75) is 32.7 Å². The standard InChI is InChI=1S/C17H25N3/c1-14(16-6-4-5-15(11-16)12-18)19-13-17(2)7-9-20(3)10-8-17/h4-6,11,14,19H,7-10,13H2,1-3H3. The smallest absolute Gasteiger partial charge is 0.0991 e. The van der Waals surface area contributed by atoms with E-state index in [1.54, 1.807) is 0 Å². The van der Waals surface area contributed by atoms with Crippen LogP contribution in [0.15, 0.2) is 24.3 Å². The number of hydrogen-bond donors (Lipinski definition) is 1. The summed E-state index contributed by atoms with van der Waals surface area (Å²) >= 11 is 0. The summed E-state index contributed by atoms with van der Waals surface area (Å²) in [5, 5.41) is 12.6. The van der Waals surface area contributed by atoms with Crippen LogP contribution >= 0.6 is 0 Å². The second-order valence-corrected chi connectivity index (χ2v) is 6.45. The quantitative estimate of drug-likeness (QED) is 0.915. The average molecular weight is 271 g/mol. The van der Waals surface area contributed by atoms with E-state index in [0.29, 0.717) is 11.5 Å². The number of nitriles is 1. The molecule has 1 fully saturated rings. The summed E-state index contributed by atoms with van der Waals surface area (Å²) in [6, 6.07) is 10.4. The summed E-state index contributed by atoms with van der Waals surface area (Å²) in [4.78, 5) is 2.40. The maximum atomic E-state index is 8.97. The molecule has 0 aromatic heterocycles. The van der Waals surface area contributed by atoms with Crippen LogP contribution in [0.4, 0.5) is 0 Å². The van der Waals surface area contributed by atoms with Gasteiger partial charge >= 0.3 is 0 Å². The SMILES string of the molecule is CC(NCC1(C)CCN(C)CC1)c1cccc(C#N)c1. The van der Waals surface area contributed by atoms with E-state index in [2.05, 4.69) is 43.2 Å². The number of nitrogens with zero attached hydrogens (tertiary/aromatic N) is 2. The molecule has 1 atom stereocenters. The van der Waals surface area contributed by atoms with Gasteiger partial charge in [-0.1, -0.05) is 19.1 Å². The van der Waals surface area contributed by atoms with Crippen LogP contribution in [0, 0.1) is 16.7 Å². The predicted molar refractivity (Wildman–Crippen MR) is 82.4 cm³/mol. The number of piperidine rings is 1. The molecule has 0 aliphatic carbocycles. The predicted octanol–water partition coefficient (Wildman–Crippen LogP) is 2.94. The Morgan fingerprint density at radius 1 is 1.40 bits per heavy atom. The monoisotopic (exact) mass is 271 g/mol. The molecule has 1 unspecified atom stereocenters. The van der Waals surface area contributed by atoms with Crippen molar-refractivity contribution in [1.29, 1.82) is 5.26 Å². The molecule has 0 spiro atoms. The summed E-state index contributed by atoms with van der Waals surface area (Å²) in [5.74, 6) is 0. The number of benzene rings is 1. The summed E-state index contributed by atoms with van der Waals surface area (Å²) in [6.07, 6.45) is 2.50. The Kier molecular flexibility index (Phi) is 4.80. The molecule has 0 amide bonds. The zero-order valence-corrected chi connectivity index (χ0v) is 12.8. The van der Waals surface area contributed by atoms with E-state index < -0.39 is 0 Å². The molecule has 3 heteroatoms. The van der Waals surface area contributed by atoms with Gasteiger partial charge in [0.25, 0.3) is 0 Å². The van der Waals surface area contributed by atoms with Gasteiger partial charge in [-0.25, -0.2) is 0 Å². The molecule has 20 heavy (non-hydrogen) atoms. The molecule has 1 aromatic carbocycles. The summed E-state index contributed by atoms with van der Waals surface area (Å²) in [7, 11) is 2.20. The number of hydrogen-bond acceptors (Lipinski definition) is 3. The van der Waals surface area contributed by atoms with E-state index in [1.807, 2.05) is 18.2 Å². The Bertz CT molecular complexity index is 481. The summed E-state index contributed by atoms with van der Waals surface area (Å²) in [6.45, 7) is 7.98. The first kappa shape index (κ1) is 15.0. The van der Waals surface area contributed by atoms with Crippen molar-refractivity contribution in [2.75, 3.05) is 26.7 Å². The Morgan fingerprint density at radius 3 is 2.75 bits per heavy atom. The lowest BCUT2D eigenvalue weighted by Gasteiger charge is -2.38. The topological polar surface area (TPSA) is 39.1 Å². The summed E-state index contributed by atoms with van der Waals surface area (Å²) in [5.41, 5.74) is 2.33. The van der Waals surface area contributed by atoms with Gasteiger partial charge in [-0.15, -0.1) is 0 Å². The van der Waals surface area contributed by atoms with Crippen molar-refractivity contribution in [3.63, 3.8) is 0 Å². The fraction of sp³-hybridized carbons (Fsp3) is 0.588. The first-order chi connectivity index (χ1) is 9.52. The molecule has 1 aromatic rings. The first-order valence-corrected chi connectivity index (χ1v) is 7.44. The molecule has 0 radical (unpaired) electrons. The second kappa shape index (κ2) is 6.39. The lowest BCUT2D eigenvalue weighted by atomic mass is 9.80. The Labute approximate surface area is 122 Å². The Hall–Kier alpha value is -1.37. The van der Waals surface area contributed by atoms with Crippen LogP contribution in [-0.2, 0) is 0 Å². The van der Waals surface area contributed by atoms with Crippen molar-refractivity contribution in [1.82, 2.24) is 10.2 Å². The first-order valence-electron chi connectivity index (χ1n) is 7.44. The fourth-order valence-corrected chi connectivity index (χ4v) is 2.73. The van der Waals surface area contributed by atoms with Crippen molar-refractivity contribution in [3.05, 3.63) is 35.4 Å². The van der Waals surface area contributed by atoms with Crippen molar-refractivity contribution in [3.8, 4) is 6.07 Å². The third-order valence-electron chi connectivity index (χ3n) is 4.54. The van der Waals surface area contributed by atoms with Gasteiger partial charge in [-0.2, -0.15) is 5.26 Å². The normalized spacial score (nSPS) is 20.3. The second-order valence-electron chi connectivity index (χ2n) is 6.45. The van der Waals surface area contributed by atoms with Gasteiger partial charge in [0.15, 0.2) is 0 Å². The highest BCUT2D eigenvalue weighted by molar-refractivity contribution is 5.34. The molecule has 1 N–H and O–H groups in total. The largest absolute Gasteiger partial charge is 0.310 e. The van der Waals surface area contributed by atoms with Gasteiger partial charge in [0.2, 0.25) is 0 Å². The lowest BCUT2D eigenvalue weighted by Crippen LogP contribution is -2.42. The molecule has 108 valence electrons. The Balaban J connectivity index is 1.91. The highest BCUT2D eigenvalue weighted by Crippen LogP contribution is 2.30. The van der Waals surface area contributed by atoms with Gasteiger partial charge in [0.1, 0.15) is 0 Å². The number of nitrogens with one attached hydrogen (secondary N) is 1. The molecule has 1 saturated heterocycles. The Morgan fingerprint density at radius 2 is 2.10 bits per heavy atom. The van der Waals surface area contributed by atoms with Gasteiger partial charge in [-0.3, -0.25) is 0 Å². The maximum absolute atomic E-state index is 8.97. The number of likely N-dealkylation sites (tertiary alicyclic amines) is 1. The van der Waals surface area contributed by atoms with E-state index in [0.717, 1.165) is 12.1 Å². The van der Waals surface area contributed by atoms with E-state index in [1.165, 1.54) is 31.5 Å². The van der Waals surface area contributed by atoms with Crippen LogP contribution in [0.1, 0.15) is 43.9 Å². The van der Waals surface area contributed by atoms with Crippen molar-refractivity contribution >= 4 is 0 Å². The van der Waals surface area contributed by atoms with E-state index in [-0.39, 0.29) is 0 Å². The highest BCUT2D eigenvalue weighted by Gasteiger charge is 2.28. The van der Waals surface area contributed by atoms with E-state index >= 15 is 0 Å². The maximum Gasteiger partial charge on any atom is 0.0991 e. The zero-order valence-electron chi connectivity index (χ0n) is 12.8. The van der Waals surface area contributed by atoms with E-state index in [4.69, 9.17) is 5.26 Å². The molecular weight excluding hydrogens is 246 g/mol. The molecule has 3 nitrogen and oxygen atoms in total. The minimum atomic E-state index is 0.291. The van der Waals surface area contributed by atoms with Gasteiger partial charge in [0, 0.05) is 12.6 Å². The molecule has 1 heterocycles. The third-order valence-corrected chi connectivity index (χ3v) is 4.54. The van der Waals surface area contributed by atoms with Crippen molar-refractivity contribution in [2.24, 2.45) is 5.41 Å². The van der Waals surface area contributed by atoms with Crippen molar-refractivity contribution < 1.29 is 0 Å². The van der Waals surface area contributed by atoms with Crippen LogP contribution in [0.5, 0.6) is 0 Å². The minimum absolute atomic E-state index is 0.291. The summed E-state index contributed by atoms with van der Waals surface area (Å²) < 4.78 is 0. The molecule has 2 rings (SSSR count). The van der Waals surface area contributed by atoms with E-state index in [9.17, 15) is 0 Å². The van der Waals surface area contributed by atoms with Crippen LogP contribution < -0.4 is 5.32 Å². The van der Waals surface area contributed by atoms with Gasteiger partial charge in [-0.05, 0) is 63.0 Å². The third kappa shape index (κ3) is 3.82. The van der Waals surface area contributed by atoms with Crippen LogP contribution in [-0.4, -0.2) is 31.6 Å². The molecule has 0 bridgehead atoms. The molecular formula is C17H25N3. The van der Waals surface area contributed by atoms with Gasteiger partial charge in [0.05, 0.1) is 11.6 Å². The highest BCUT2D eigenvalue weighted by atomic mass is 15.1. The molecule has 1 aliphatic rings. The van der Waals surface area contributed by atoms with Crippen LogP contribution in [0.3, 0.4) is 0 Å². The lowest BCUT2D eigenvalue weighted by molar-refractivity contribution is 0.134. The zero-order chi connectivity index (χ0) is 14.6. The average Bonchev–Trinajstić information content (AvgIpc) is 2.48. The molecule has 1 aliphatic heterocycles. The number of rotatable bonds is 4. The fourth-order valence-electron chi connectivity index (χ4n) is 2.73. The minimum Gasteiger partial charge on any atom is -0.310 e. The van der Waals surface area contributed by atoms with Crippen LogP contribution in [0.2, 0.25) is 0 Å². The van der Waals surface area contributed by atoms with Crippen LogP contribution in [0.25, 0.3) is 0 Å².